The molecule has 0 N–H and O–H groups in total. The van der Waals surface area contributed by atoms with Crippen molar-refractivity contribution in [3.63, 3.8) is 0 Å². The fraction of sp³-hybridized carbons (Fsp3) is 0.500. The highest BCUT2D eigenvalue weighted by Crippen LogP contribution is 2.38. The second kappa shape index (κ2) is 17.0. The van der Waals surface area contributed by atoms with Crippen LogP contribution in [0.15, 0.2) is 59.8 Å². The van der Waals surface area contributed by atoms with Gasteiger partial charge in [-0.15, -0.1) is 0 Å². The van der Waals surface area contributed by atoms with E-state index in [0.717, 1.165) is 42.6 Å². The van der Waals surface area contributed by atoms with Crippen molar-refractivity contribution in [3.8, 4) is 5.75 Å². The third-order valence-corrected chi connectivity index (χ3v) is 6.96. The van der Waals surface area contributed by atoms with Gasteiger partial charge in [0.15, 0.2) is 0 Å². The summed E-state index contributed by atoms with van der Waals surface area (Å²) < 4.78 is 17.1. The summed E-state index contributed by atoms with van der Waals surface area (Å²) in [5, 5.41) is 0.599. The van der Waals surface area contributed by atoms with Crippen molar-refractivity contribution in [3.05, 3.63) is 76.0 Å². The van der Waals surface area contributed by atoms with Gasteiger partial charge in [0.05, 0.1) is 24.8 Å². The van der Waals surface area contributed by atoms with E-state index in [-0.39, 0.29) is 25.0 Å². The minimum absolute atomic E-state index is 0.0363. The number of rotatable bonds is 13. The molecule has 0 fully saturated rings. The van der Waals surface area contributed by atoms with E-state index in [9.17, 15) is 9.59 Å². The van der Waals surface area contributed by atoms with Crippen molar-refractivity contribution in [2.45, 2.75) is 85.4 Å². The molecule has 0 radical (unpaired) electrons. The van der Waals surface area contributed by atoms with Crippen molar-refractivity contribution < 1.29 is 23.8 Å². The SMILES string of the molecule is CC.CCCCOc1ccc(COC(=O)C2=C(C)N(CC(CCC)OC)C(=O)CC2c2ccc(Cl)cc2)cc1. The highest BCUT2D eigenvalue weighted by atomic mass is 35.5. The first kappa shape index (κ1) is 32.4. The predicted molar refractivity (Wildman–Crippen MR) is 157 cm³/mol. The van der Waals surface area contributed by atoms with Crippen LogP contribution in [0.4, 0.5) is 0 Å². The highest BCUT2D eigenvalue weighted by molar-refractivity contribution is 6.30. The molecule has 2 aromatic carbocycles. The minimum Gasteiger partial charge on any atom is -0.494 e. The number of hydrogen-bond acceptors (Lipinski definition) is 5. The topological polar surface area (TPSA) is 65.1 Å². The van der Waals surface area contributed by atoms with Gasteiger partial charge in [-0.05, 0) is 55.2 Å². The Hall–Kier alpha value is -2.83. The lowest BCUT2D eigenvalue weighted by atomic mass is 9.83. The number of allylic oxidation sites excluding steroid dienone is 1. The van der Waals surface area contributed by atoms with Gasteiger partial charge < -0.3 is 19.1 Å². The molecule has 0 spiro atoms. The molecule has 1 heterocycles. The molecule has 6 nitrogen and oxygen atoms in total. The van der Waals surface area contributed by atoms with Gasteiger partial charge in [0, 0.05) is 30.2 Å². The molecule has 39 heavy (non-hydrogen) atoms. The van der Waals surface area contributed by atoms with Crippen molar-refractivity contribution in [1.29, 1.82) is 0 Å². The van der Waals surface area contributed by atoms with E-state index in [1.807, 2.05) is 57.2 Å². The first-order chi connectivity index (χ1) is 18.9. The standard InChI is InChI=1S/C30H38ClNO5.C2H6/c1-5-7-17-36-25-15-9-22(10-16-25)20-37-30(34)29-21(3)32(19-26(35-4)8-6-2)28(33)18-27(29)23-11-13-24(31)14-12-23;1-2/h9-16,26-27H,5-8,17-20H2,1-4H3;1-2H3. The molecule has 2 unspecified atom stereocenters. The zero-order valence-corrected chi connectivity index (χ0v) is 25.1. The molecule has 2 atom stereocenters. The molecule has 1 aliphatic heterocycles. The van der Waals surface area contributed by atoms with Crippen LogP contribution in [0.1, 0.15) is 83.8 Å². The van der Waals surface area contributed by atoms with Gasteiger partial charge in [0.25, 0.3) is 0 Å². The van der Waals surface area contributed by atoms with Crippen molar-refractivity contribution in [2.75, 3.05) is 20.3 Å². The smallest absolute Gasteiger partial charge is 0.336 e. The van der Waals surface area contributed by atoms with E-state index in [4.69, 9.17) is 25.8 Å². The average molecular weight is 558 g/mol. The van der Waals surface area contributed by atoms with Gasteiger partial charge >= 0.3 is 5.97 Å². The first-order valence-electron chi connectivity index (χ1n) is 14.1. The molecule has 3 rings (SSSR count). The molecular formula is C32H44ClNO5. The van der Waals surface area contributed by atoms with Crippen LogP contribution in [0, 0.1) is 0 Å². The molecule has 0 saturated carbocycles. The molecule has 0 aliphatic carbocycles. The number of carbonyl (C=O) groups is 2. The average Bonchev–Trinajstić information content (AvgIpc) is 2.95. The Kier molecular flexibility index (Phi) is 14.1. The zero-order chi connectivity index (χ0) is 28.8. The number of halogens is 1. The molecule has 0 bridgehead atoms. The van der Waals surface area contributed by atoms with Gasteiger partial charge in [0.2, 0.25) is 5.91 Å². The van der Waals surface area contributed by atoms with Gasteiger partial charge in [-0.1, -0.05) is 76.4 Å². The van der Waals surface area contributed by atoms with Crippen LogP contribution < -0.4 is 4.74 Å². The van der Waals surface area contributed by atoms with E-state index >= 15 is 0 Å². The van der Waals surface area contributed by atoms with E-state index < -0.39 is 11.9 Å². The fourth-order valence-corrected chi connectivity index (χ4v) is 4.66. The van der Waals surface area contributed by atoms with Crippen LogP contribution in [0.2, 0.25) is 5.02 Å². The van der Waals surface area contributed by atoms with E-state index in [2.05, 4.69) is 13.8 Å². The number of methoxy groups -OCH3 is 1. The monoisotopic (exact) mass is 557 g/mol. The third-order valence-electron chi connectivity index (χ3n) is 6.71. The molecular weight excluding hydrogens is 514 g/mol. The summed E-state index contributed by atoms with van der Waals surface area (Å²) in [6.07, 6.45) is 3.92. The molecule has 2 aromatic rings. The maximum absolute atomic E-state index is 13.5. The Labute approximate surface area is 239 Å². The van der Waals surface area contributed by atoms with Gasteiger partial charge in [-0.25, -0.2) is 4.79 Å². The lowest BCUT2D eigenvalue weighted by Gasteiger charge is -2.36. The molecule has 1 aliphatic rings. The Morgan fingerprint density at radius 2 is 1.72 bits per heavy atom. The number of carbonyl (C=O) groups excluding carboxylic acids is 2. The maximum atomic E-state index is 13.5. The summed E-state index contributed by atoms with van der Waals surface area (Å²) in [5.74, 6) is -0.0744. The fourth-order valence-electron chi connectivity index (χ4n) is 4.53. The molecule has 0 saturated heterocycles. The van der Waals surface area contributed by atoms with Crippen LogP contribution in [-0.2, 0) is 25.7 Å². The number of amides is 1. The number of nitrogens with zero attached hydrogens (tertiary/aromatic N) is 1. The van der Waals surface area contributed by atoms with Crippen molar-refractivity contribution in [1.82, 2.24) is 4.90 Å². The Bertz CT molecular complexity index is 1060. The predicted octanol–water partition coefficient (Wildman–Crippen LogP) is 7.69. The zero-order valence-electron chi connectivity index (χ0n) is 24.3. The number of hydrogen-bond donors (Lipinski definition) is 0. The van der Waals surface area contributed by atoms with E-state index in [1.54, 1.807) is 24.1 Å². The summed E-state index contributed by atoms with van der Waals surface area (Å²) in [6, 6.07) is 14.9. The second-order valence-corrected chi connectivity index (χ2v) is 9.82. The largest absolute Gasteiger partial charge is 0.494 e. The van der Waals surface area contributed by atoms with Gasteiger partial charge in [-0.2, -0.15) is 0 Å². The van der Waals surface area contributed by atoms with Crippen LogP contribution >= 0.6 is 11.6 Å². The molecule has 7 heteroatoms. The Balaban J connectivity index is 0.00000260. The Morgan fingerprint density at radius 3 is 2.31 bits per heavy atom. The first-order valence-corrected chi connectivity index (χ1v) is 14.4. The molecule has 0 aromatic heterocycles. The lowest BCUT2D eigenvalue weighted by Crippen LogP contribution is -2.42. The molecule has 214 valence electrons. The number of esters is 1. The minimum atomic E-state index is -0.428. The number of ether oxygens (including phenoxy) is 3. The van der Waals surface area contributed by atoms with Gasteiger partial charge in [0.1, 0.15) is 12.4 Å². The highest BCUT2D eigenvalue weighted by Gasteiger charge is 2.37. The summed E-state index contributed by atoms with van der Waals surface area (Å²) in [5.41, 5.74) is 2.82. The molecule has 1 amide bonds. The summed E-state index contributed by atoms with van der Waals surface area (Å²) in [4.78, 5) is 28.4. The summed E-state index contributed by atoms with van der Waals surface area (Å²) in [7, 11) is 1.65. The van der Waals surface area contributed by atoms with Crippen LogP contribution in [0.5, 0.6) is 5.75 Å². The maximum Gasteiger partial charge on any atom is 0.336 e. The van der Waals surface area contributed by atoms with Crippen molar-refractivity contribution >= 4 is 23.5 Å². The van der Waals surface area contributed by atoms with Crippen LogP contribution in [0.25, 0.3) is 0 Å². The quantitative estimate of drug-likeness (QED) is 0.186. The van der Waals surface area contributed by atoms with E-state index in [1.165, 1.54) is 0 Å². The Morgan fingerprint density at radius 1 is 1.05 bits per heavy atom. The van der Waals surface area contributed by atoms with Crippen molar-refractivity contribution in [2.24, 2.45) is 0 Å². The number of unbranched alkanes of at least 4 members (excludes halogenated alkanes) is 1. The number of benzene rings is 2. The van der Waals surface area contributed by atoms with Crippen LogP contribution in [-0.4, -0.2) is 43.1 Å². The van der Waals surface area contributed by atoms with E-state index in [0.29, 0.717) is 29.4 Å². The second-order valence-electron chi connectivity index (χ2n) is 9.38. The normalized spacial score (nSPS) is 15.9. The summed E-state index contributed by atoms with van der Waals surface area (Å²) in [6.45, 7) is 11.2. The summed E-state index contributed by atoms with van der Waals surface area (Å²) >= 11 is 6.10. The van der Waals surface area contributed by atoms with Gasteiger partial charge in [-0.3, -0.25) is 4.79 Å². The lowest BCUT2D eigenvalue weighted by molar-refractivity contribution is -0.141. The van der Waals surface area contributed by atoms with Crippen LogP contribution in [0.3, 0.4) is 0 Å². The third kappa shape index (κ3) is 9.40.